The molecular weight excluding hydrogens is 124 g/mol. The van der Waals surface area contributed by atoms with Crippen molar-refractivity contribution in [3.05, 3.63) is 0 Å². The first-order valence-corrected chi connectivity index (χ1v) is 4.26. The van der Waals surface area contributed by atoms with Gasteiger partial charge in [0.1, 0.15) is 0 Å². The zero-order chi connectivity index (χ0) is 7.40. The Bertz CT molecular complexity index is 93.3. The molecule has 0 radical (unpaired) electrons. The molecule has 1 rings (SSSR count). The fourth-order valence-corrected chi connectivity index (χ4v) is 1.59. The number of hydrogen-bond acceptors (Lipinski definition) is 2. The number of likely N-dealkylation sites (N-methyl/N-ethyl adjacent to an activating group) is 1. The third-order valence-corrected chi connectivity index (χ3v) is 2.22. The number of likely N-dealkylation sites (tertiary alicyclic amines) is 1. The van der Waals surface area contributed by atoms with Crippen LogP contribution in [0.15, 0.2) is 0 Å². The van der Waals surface area contributed by atoms with E-state index in [1.54, 1.807) is 0 Å². The molecule has 0 spiro atoms. The third kappa shape index (κ3) is 1.96. The Morgan fingerprint density at radius 1 is 1.60 bits per heavy atom. The molecule has 2 heteroatoms. The van der Waals surface area contributed by atoms with Crippen molar-refractivity contribution in [3.63, 3.8) is 0 Å². The van der Waals surface area contributed by atoms with E-state index >= 15 is 0 Å². The van der Waals surface area contributed by atoms with Crippen LogP contribution in [0.4, 0.5) is 0 Å². The smallest absolute Gasteiger partial charge is 0.0204 e. The van der Waals surface area contributed by atoms with Crippen LogP contribution in [0.25, 0.3) is 0 Å². The van der Waals surface area contributed by atoms with Gasteiger partial charge in [0.15, 0.2) is 0 Å². The van der Waals surface area contributed by atoms with Gasteiger partial charge in [-0.1, -0.05) is 6.92 Å². The lowest BCUT2D eigenvalue weighted by Gasteiger charge is -2.13. The van der Waals surface area contributed by atoms with Crippen molar-refractivity contribution in [2.45, 2.75) is 25.8 Å². The highest BCUT2D eigenvalue weighted by Gasteiger charge is 2.19. The largest absolute Gasteiger partial charge is 0.316 e. The molecule has 1 N–H and O–H groups in total. The molecule has 60 valence electrons. The first-order valence-electron chi connectivity index (χ1n) is 4.26. The lowest BCUT2D eigenvalue weighted by Crippen LogP contribution is -2.29. The molecule has 0 aromatic heterocycles. The quantitative estimate of drug-likeness (QED) is 0.623. The molecule has 0 aromatic rings. The Kier molecular flexibility index (Phi) is 3.16. The fraction of sp³-hybridized carbons (Fsp3) is 1.00. The Labute approximate surface area is 63.6 Å². The van der Waals surface area contributed by atoms with Gasteiger partial charge in [-0.3, -0.25) is 0 Å². The Balaban J connectivity index is 2.15. The van der Waals surface area contributed by atoms with Gasteiger partial charge in [0, 0.05) is 12.6 Å². The van der Waals surface area contributed by atoms with Crippen LogP contribution in [0, 0.1) is 0 Å². The summed E-state index contributed by atoms with van der Waals surface area (Å²) in [7, 11) is 2.06. The molecule has 0 bridgehead atoms. The third-order valence-electron chi connectivity index (χ3n) is 2.22. The zero-order valence-electron chi connectivity index (χ0n) is 7.06. The first kappa shape index (κ1) is 8.02. The number of rotatable bonds is 3. The molecule has 1 aliphatic heterocycles. The van der Waals surface area contributed by atoms with E-state index in [9.17, 15) is 0 Å². The molecule has 2 nitrogen and oxygen atoms in total. The molecule has 1 heterocycles. The van der Waals surface area contributed by atoms with Crippen LogP contribution in [0.3, 0.4) is 0 Å². The predicted molar refractivity (Wildman–Crippen MR) is 44.2 cm³/mol. The summed E-state index contributed by atoms with van der Waals surface area (Å²) in [5, 5.41) is 3.31. The minimum absolute atomic E-state index is 0.756. The van der Waals surface area contributed by atoms with Crippen LogP contribution < -0.4 is 5.32 Å². The van der Waals surface area contributed by atoms with E-state index in [-0.39, 0.29) is 0 Å². The highest BCUT2D eigenvalue weighted by atomic mass is 15.2. The van der Waals surface area contributed by atoms with E-state index in [0.29, 0.717) is 0 Å². The van der Waals surface area contributed by atoms with Gasteiger partial charge < -0.3 is 10.2 Å². The van der Waals surface area contributed by atoms with Crippen molar-refractivity contribution in [3.8, 4) is 0 Å². The molecule has 0 saturated carbocycles. The maximum Gasteiger partial charge on any atom is 0.0204 e. The van der Waals surface area contributed by atoms with Gasteiger partial charge in [-0.05, 0) is 33.0 Å². The molecule has 1 atom stereocenters. The summed E-state index contributed by atoms with van der Waals surface area (Å²) in [6.45, 7) is 6.06. The van der Waals surface area contributed by atoms with Gasteiger partial charge in [0.25, 0.3) is 0 Å². The second-order valence-electron chi connectivity index (χ2n) is 3.07. The van der Waals surface area contributed by atoms with Crippen LogP contribution in [0.2, 0.25) is 0 Å². The van der Waals surface area contributed by atoms with Gasteiger partial charge in [-0.25, -0.2) is 0 Å². The summed E-state index contributed by atoms with van der Waals surface area (Å²) in [6, 6.07) is 0.756. The molecule has 1 unspecified atom stereocenters. The Morgan fingerprint density at radius 2 is 2.40 bits per heavy atom. The van der Waals surface area contributed by atoms with E-state index in [1.165, 1.54) is 32.5 Å². The molecular formula is C8H18N2. The van der Waals surface area contributed by atoms with Crippen molar-refractivity contribution >= 4 is 0 Å². The molecule has 1 saturated heterocycles. The summed E-state index contributed by atoms with van der Waals surface area (Å²) < 4.78 is 0. The normalized spacial score (nSPS) is 27.6. The summed E-state index contributed by atoms with van der Waals surface area (Å²) >= 11 is 0. The predicted octanol–water partition coefficient (Wildman–Crippen LogP) is 0.690. The second kappa shape index (κ2) is 3.94. The summed E-state index contributed by atoms with van der Waals surface area (Å²) in [4.78, 5) is 2.53. The maximum atomic E-state index is 3.31. The molecule has 0 amide bonds. The van der Waals surface area contributed by atoms with Crippen LogP contribution in [-0.2, 0) is 0 Å². The van der Waals surface area contributed by atoms with E-state index in [2.05, 4.69) is 24.2 Å². The lowest BCUT2D eigenvalue weighted by atomic mass is 10.3. The van der Waals surface area contributed by atoms with Gasteiger partial charge >= 0.3 is 0 Å². The molecule has 0 aromatic carbocycles. The average molecular weight is 142 g/mol. The monoisotopic (exact) mass is 142 g/mol. The van der Waals surface area contributed by atoms with E-state index in [1.807, 2.05) is 0 Å². The summed E-state index contributed by atoms with van der Waals surface area (Å²) in [5.41, 5.74) is 0. The number of hydrogen-bond donors (Lipinski definition) is 1. The van der Waals surface area contributed by atoms with Gasteiger partial charge in [0.05, 0.1) is 0 Å². The summed E-state index contributed by atoms with van der Waals surface area (Å²) in [5.74, 6) is 0. The minimum Gasteiger partial charge on any atom is -0.316 e. The lowest BCUT2D eigenvalue weighted by molar-refractivity contribution is 0.330. The molecule has 1 aliphatic rings. The van der Waals surface area contributed by atoms with Crippen molar-refractivity contribution in [1.29, 1.82) is 0 Å². The average Bonchev–Trinajstić information content (AvgIpc) is 2.37. The Morgan fingerprint density at radius 3 is 2.90 bits per heavy atom. The van der Waals surface area contributed by atoms with Crippen LogP contribution in [0.5, 0.6) is 0 Å². The van der Waals surface area contributed by atoms with Crippen molar-refractivity contribution in [2.75, 3.05) is 26.7 Å². The van der Waals surface area contributed by atoms with E-state index in [4.69, 9.17) is 0 Å². The van der Waals surface area contributed by atoms with Crippen LogP contribution >= 0.6 is 0 Å². The van der Waals surface area contributed by atoms with Gasteiger partial charge in [0.2, 0.25) is 0 Å². The van der Waals surface area contributed by atoms with Crippen molar-refractivity contribution in [2.24, 2.45) is 0 Å². The van der Waals surface area contributed by atoms with Crippen LogP contribution in [0.1, 0.15) is 19.8 Å². The van der Waals surface area contributed by atoms with Gasteiger partial charge in [-0.2, -0.15) is 0 Å². The zero-order valence-corrected chi connectivity index (χ0v) is 7.06. The molecule has 10 heavy (non-hydrogen) atoms. The van der Waals surface area contributed by atoms with Crippen LogP contribution in [-0.4, -0.2) is 37.6 Å². The van der Waals surface area contributed by atoms with E-state index < -0.39 is 0 Å². The Hall–Kier alpha value is -0.0800. The topological polar surface area (TPSA) is 15.3 Å². The maximum absolute atomic E-state index is 3.31. The highest BCUT2D eigenvalue weighted by Crippen LogP contribution is 2.07. The first-order chi connectivity index (χ1) is 4.86. The number of nitrogens with zero attached hydrogens (tertiary/aromatic N) is 1. The highest BCUT2D eigenvalue weighted by molar-refractivity contribution is 4.78. The number of nitrogens with one attached hydrogen (secondary N) is 1. The van der Waals surface area contributed by atoms with E-state index in [0.717, 1.165) is 6.04 Å². The van der Waals surface area contributed by atoms with Gasteiger partial charge in [-0.15, -0.1) is 0 Å². The fourth-order valence-electron chi connectivity index (χ4n) is 1.59. The van der Waals surface area contributed by atoms with Crippen molar-refractivity contribution < 1.29 is 0 Å². The standard InChI is InChI=1S/C8H18N2/c1-3-5-10-6-4-8(7-10)9-2/h8-9H,3-7H2,1-2H3. The van der Waals surface area contributed by atoms with Crippen molar-refractivity contribution in [1.82, 2.24) is 10.2 Å². The SMILES string of the molecule is CCCN1CCC(NC)C1. The molecule has 1 fully saturated rings. The second-order valence-corrected chi connectivity index (χ2v) is 3.07. The molecule has 0 aliphatic carbocycles. The summed E-state index contributed by atoms with van der Waals surface area (Å²) in [6.07, 6.45) is 2.62. The minimum atomic E-state index is 0.756.